The fourth-order valence-electron chi connectivity index (χ4n) is 1.57. The van der Waals surface area contributed by atoms with Crippen LogP contribution < -0.4 is 0 Å². The Morgan fingerprint density at radius 2 is 0.958 bits per heavy atom. The van der Waals surface area contributed by atoms with Gasteiger partial charge in [-0.1, -0.05) is 0 Å². The summed E-state index contributed by atoms with van der Waals surface area (Å²) in [6.07, 6.45) is 0.475. The summed E-state index contributed by atoms with van der Waals surface area (Å²) in [6, 6.07) is 0. The molecule has 24 heavy (non-hydrogen) atoms. The van der Waals surface area contributed by atoms with Crippen molar-refractivity contribution in [3.8, 4) is 0 Å². The Bertz CT molecular complexity index is 434. The maximum atomic E-state index is 11.8. The number of carbonyl (C=O) groups excluding carboxylic acids is 4. The second-order valence-corrected chi connectivity index (χ2v) is 6.48. The largest absolute Gasteiger partial charge is 0.466 e. The van der Waals surface area contributed by atoms with Gasteiger partial charge in [-0.05, 0) is 27.7 Å². The lowest BCUT2D eigenvalue weighted by atomic mass is 10.1. The van der Waals surface area contributed by atoms with Crippen molar-refractivity contribution in [3.05, 3.63) is 0 Å². The van der Waals surface area contributed by atoms with Crippen molar-refractivity contribution in [2.24, 2.45) is 0 Å². The van der Waals surface area contributed by atoms with Crippen LogP contribution in [-0.4, -0.2) is 48.3 Å². The Morgan fingerprint density at radius 1 is 0.667 bits per heavy atom. The van der Waals surface area contributed by atoms with Crippen molar-refractivity contribution in [1.29, 1.82) is 0 Å². The molecule has 0 atom stereocenters. The van der Waals surface area contributed by atoms with Gasteiger partial charge < -0.3 is 18.9 Å². The van der Waals surface area contributed by atoms with E-state index in [2.05, 4.69) is 0 Å². The highest BCUT2D eigenvalue weighted by atomic mass is 16.6. The Morgan fingerprint density at radius 3 is 1.21 bits per heavy atom. The van der Waals surface area contributed by atoms with Crippen LogP contribution in [0.4, 0.5) is 0 Å². The average Bonchev–Trinajstić information content (AvgIpc) is 2.35. The smallest absolute Gasteiger partial charge is 0.418 e. The summed E-state index contributed by atoms with van der Waals surface area (Å²) >= 11 is 0. The van der Waals surface area contributed by atoms with Crippen LogP contribution in [0.3, 0.4) is 0 Å². The molecule has 0 bridgehead atoms. The molecule has 8 nitrogen and oxygen atoms in total. The van der Waals surface area contributed by atoms with Crippen LogP contribution in [0, 0.1) is 0 Å². The van der Waals surface area contributed by atoms with E-state index >= 15 is 0 Å². The monoisotopic (exact) mass is 346 g/mol. The Balaban J connectivity index is 4.41. The zero-order valence-electron chi connectivity index (χ0n) is 15.1. The van der Waals surface area contributed by atoms with Crippen LogP contribution in [0.15, 0.2) is 0 Å². The minimum atomic E-state index is -1.14. The van der Waals surface area contributed by atoms with Crippen LogP contribution in [0.1, 0.15) is 54.4 Å². The molecule has 8 heteroatoms. The molecule has 0 aromatic rings. The highest BCUT2D eigenvalue weighted by molar-refractivity contribution is 6.29. The fraction of sp³-hybridized carbons (Fsp3) is 0.750. The van der Waals surface area contributed by atoms with E-state index in [1.54, 1.807) is 27.7 Å². The molecule has 138 valence electrons. The SMILES string of the molecule is CC(=O)OCCC(C)(C)OC(=O)C(=O)OC(C)(C)CCOC(C)=O. The number of hydrogen-bond donors (Lipinski definition) is 0. The predicted octanol–water partition coefficient (Wildman–Crippen LogP) is 1.54. The normalized spacial score (nSPS) is 11.4. The van der Waals surface area contributed by atoms with Gasteiger partial charge in [0.25, 0.3) is 0 Å². The first-order valence-electron chi connectivity index (χ1n) is 7.58. The molecule has 0 rings (SSSR count). The van der Waals surface area contributed by atoms with Gasteiger partial charge in [0.2, 0.25) is 0 Å². The van der Waals surface area contributed by atoms with Crippen LogP contribution in [0.2, 0.25) is 0 Å². The fourth-order valence-corrected chi connectivity index (χ4v) is 1.57. The molecule has 0 amide bonds. The summed E-state index contributed by atoms with van der Waals surface area (Å²) in [4.78, 5) is 45.1. The number of esters is 4. The van der Waals surface area contributed by atoms with E-state index in [1.165, 1.54) is 13.8 Å². The number of hydrogen-bond acceptors (Lipinski definition) is 8. The number of rotatable bonds is 8. The first-order valence-corrected chi connectivity index (χ1v) is 7.58. The predicted molar refractivity (Wildman–Crippen MR) is 82.8 cm³/mol. The Hall–Kier alpha value is -2.12. The maximum Gasteiger partial charge on any atom is 0.418 e. The van der Waals surface area contributed by atoms with Crippen molar-refractivity contribution in [2.75, 3.05) is 13.2 Å². The zero-order valence-corrected chi connectivity index (χ0v) is 15.1. The van der Waals surface area contributed by atoms with Gasteiger partial charge in [-0.2, -0.15) is 0 Å². The van der Waals surface area contributed by atoms with Crippen molar-refractivity contribution in [2.45, 2.75) is 65.6 Å². The number of ether oxygens (including phenoxy) is 4. The van der Waals surface area contributed by atoms with Gasteiger partial charge in [0.1, 0.15) is 11.2 Å². The zero-order chi connectivity index (χ0) is 19.0. The third kappa shape index (κ3) is 10.6. The molecule has 0 unspecified atom stereocenters. The van der Waals surface area contributed by atoms with Gasteiger partial charge in [0.05, 0.1) is 13.2 Å². The lowest BCUT2D eigenvalue weighted by Crippen LogP contribution is -2.38. The molecule has 0 aromatic carbocycles. The molecular weight excluding hydrogens is 320 g/mol. The Labute approximate surface area is 141 Å². The van der Waals surface area contributed by atoms with Crippen molar-refractivity contribution < 1.29 is 38.1 Å². The molecule has 0 aliphatic heterocycles. The standard InChI is InChI=1S/C16H26O8/c1-11(17)21-9-7-15(3,4)23-13(19)14(20)24-16(5,6)8-10-22-12(2)18/h7-10H2,1-6H3. The second-order valence-electron chi connectivity index (χ2n) is 6.48. The average molecular weight is 346 g/mol. The molecule has 0 heterocycles. The van der Waals surface area contributed by atoms with Gasteiger partial charge in [0, 0.05) is 26.7 Å². The number of carbonyl (C=O) groups is 4. The molecular formula is C16H26O8. The molecule has 0 saturated carbocycles. The van der Waals surface area contributed by atoms with E-state index in [0.29, 0.717) is 0 Å². The molecule has 0 aliphatic rings. The van der Waals surface area contributed by atoms with Crippen molar-refractivity contribution >= 4 is 23.9 Å². The van der Waals surface area contributed by atoms with Gasteiger partial charge >= 0.3 is 23.9 Å². The van der Waals surface area contributed by atoms with Crippen molar-refractivity contribution in [3.63, 3.8) is 0 Å². The van der Waals surface area contributed by atoms with E-state index in [4.69, 9.17) is 18.9 Å². The molecule has 0 saturated heterocycles. The summed E-state index contributed by atoms with van der Waals surface area (Å²) in [5.74, 6) is -3.15. The highest BCUT2D eigenvalue weighted by Gasteiger charge is 2.32. The van der Waals surface area contributed by atoms with E-state index in [9.17, 15) is 19.2 Å². The quantitative estimate of drug-likeness (QED) is 0.370. The summed E-state index contributed by atoms with van der Waals surface area (Å²) in [7, 11) is 0. The van der Waals surface area contributed by atoms with Crippen LogP contribution in [0.5, 0.6) is 0 Å². The van der Waals surface area contributed by atoms with Crippen LogP contribution >= 0.6 is 0 Å². The lowest BCUT2D eigenvalue weighted by Gasteiger charge is -2.27. The lowest BCUT2D eigenvalue weighted by molar-refractivity contribution is -0.184. The van der Waals surface area contributed by atoms with Crippen LogP contribution in [-0.2, 0) is 38.1 Å². The minimum Gasteiger partial charge on any atom is -0.466 e. The molecule has 0 aromatic heterocycles. The third-order valence-corrected chi connectivity index (χ3v) is 2.92. The maximum absolute atomic E-state index is 11.8. The molecule has 0 fully saturated rings. The van der Waals surface area contributed by atoms with Gasteiger partial charge in [-0.25, -0.2) is 9.59 Å². The first kappa shape index (κ1) is 21.9. The van der Waals surface area contributed by atoms with Crippen molar-refractivity contribution in [1.82, 2.24) is 0 Å². The summed E-state index contributed by atoms with van der Waals surface area (Å²) in [5, 5.41) is 0. The topological polar surface area (TPSA) is 105 Å². The molecule has 0 aliphatic carbocycles. The van der Waals surface area contributed by atoms with Gasteiger partial charge in [-0.15, -0.1) is 0 Å². The highest BCUT2D eigenvalue weighted by Crippen LogP contribution is 2.18. The summed E-state index contributed by atoms with van der Waals surface area (Å²) < 4.78 is 19.7. The molecule has 0 radical (unpaired) electrons. The summed E-state index contributed by atoms with van der Waals surface area (Å²) in [6.45, 7) is 9.04. The third-order valence-electron chi connectivity index (χ3n) is 2.92. The van der Waals surface area contributed by atoms with Gasteiger partial charge in [-0.3, -0.25) is 9.59 Å². The van der Waals surface area contributed by atoms with E-state index < -0.39 is 35.1 Å². The van der Waals surface area contributed by atoms with Gasteiger partial charge in [0.15, 0.2) is 0 Å². The first-order chi connectivity index (χ1) is 10.8. The molecule has 0 spiro atoms. The minimum absolute atomic E-state index is 0.0680. The Kier molecular flexibility index (Phi) is 8.43. The molecule has 0 N–H and O–H groups in total. The summed E-state index contributed by atoms with van der Waals surface area (Å²) in [5.41, 5.74) is -1.99. The second kappa shape index (κ2) is 9.24. The van der Waals surface area contributed by atoms with Crippen LogP contribution in [0.25, 0.3) is 0 Å². The van der Waals surface area contributed by atoms with E-state index in [-0.39, 0.29) is 26.1 Å². The van der Waals surface area contributed by atoms with E-state index in [1.807, 2.05) is 0 Å². The van der Waals surface area contributed by atoms with E-state index in [0.717, 1.165) is 0 Å².